The second-order valence-electron chi connectivity index (χ2n) is 0.650. The summed E-state index contributed by atoms with van der Waals surface area (Å²) < 4.78 is 27.1. The van der Waals surface area contributed by atoms with Gasteiger partial charge < -0.3 is 0 Å². The van der Waals surface area contributed by atoms with Crippen LogP contribution in [0.3, 0.4) is 0 Å². The van der Waals surface area contributed by atoms with Gasteiger partial charge in [-0.2, -0.15) is 9.74 Å². The number of hydrogen-bond acceptors (Lipinski definition) is 2. The molecule has 7 heavy (non-hydrogen) atoms. The van der Waals surface area contributed by atoms with Crippen LogP contribution in [0, 0.1) is 5.53 Å². The molecule has 0 aromatic heterocycles. The topological polar surface area (TPSA) is 106 Å². The zero-order chi connectivity index (χ0) is 5.91. The molecule has 0 radical (unpaired) electrons. The van der Waals surface area contributed by atoms with Crippen LogP contribution >= 0.6 is 0 Å². The SMILES string of the molecule is N=NN=S(=O)(O)O. The van der Waals surface area contributed by atoms with Gasteiger partial charge in [0.2, 0.25) is 0 Å². The van der Waals surface area contributed by atoms with E-state index in [2.05, 4.69) is 9.69 Å². The summed E-state index contributed by atoms with van der Waals surface area (Å²) in [6.07, 6.45) is 0. The minimum atomic E-state index is -4.15. The highest BCUT2D eigenvalue weighted by Crippen LogP contribution is 1.79. The van der Waals surface area contributed by atoms with Gasteiger partial charge in [-0.1, -0.05) is 0 Å². The van der Waals surface area contributed by atoms with Crippen LogP contribution in [0.4, 0.5) is 0 Å². The molecule has 3 N–H and O–H groups in total. The molecule has 0 saturated carbocycles. The standard InChI is InChI=1S/H3N3O3S/c1-2-3-7(4,5)6/h(H3,1,3,4,5,6). The third-order valence-corrected chi connectivity index (χ3v) is 0.442. The molecule has 0 unspecified atom stereocenters. The minimum absolute atomic E-state index is 2.11. The maximum absolute atomic E-state index is 9.52. The molecule has 0 aliphatic carbocycles. The van der Waals surface area contributed by atoms with Crippen molar-refractivity contribution < 1.29 is 13.3 Å². The maximum atomic E-state index is 9.52. The normalized spacial score (nSPS) is 10.6. The Balaban J connectivity index is 4.32. The van der Waals surface area contributed by atoms with Crippen molar-refractivity contribution in [3.05, 3.63) is 0 Å². The van der Waals surface area contributed by atoms with Gasteiger partial charge in [0.25, 0.3) is 0 Å². The lowest BCUT2D eigenvalue weighted by Gasteiger charge is -1.79. The molecule has 6 nitrogen and oxygen atoms in total. The van der Waals surface area contributed by atoms with E-state index >= 15 is 0 Å². The molecule has 0 aliphatic rings. The molecule has 0 fully saturated rings. The van der Waals surface area contributed by atoms with Crippen molar-refractivity contribution >= 4 is 10.3 Å². The fraction of sp³-hybridized carbons (Fsp3) is 0. The summed E-state index contributed by atoms with van der Waals surface area (Å²) in [5.41, 5.74) is 5.82. The van der Waals surface area contributed by atoms with Crippen molar-refractivity contribution in [3.8, 4) is 0 Å². The molecular formula is H3N3O3S. The van der Waals surface area contributed by atoms with E-state index in [9.17, 15) is 4.21 Å². The zero-order valence-electron chi connectivity index (χ0n) is 3.11. The predicted octanol–water partition coefficient (Wildman–Crippen LogP) is 0.346. The molecule has 0 spiro atoms. The monoisotopic (exact) mass is 125 g/mol. The Kier molecular flexibility index (Phi) is 1.81. The number of hydrogen-bond donors (Lipinski definition) is 3. The summed E-state index contributed by atoms with van der Waals surface area (Å²) in [5, 5.41) is 2.11. The average molecular weight is 125 g/mol. The highest BCUT2D eigenvalue weighted by Gasteiger charge is 1.87. The van der Waals surface area contributed by atoms with E-state index < -0.39 is 10.3 Å². The highest BCUT2D eigenvalue weighted by atomic mass is 32.2. The Morgan fingerprint density at radius 3 is 2.00 bits per heavy atom. The predicted molar refractivity (Wildman–Crippen MR) is 21.0 cm³/mol. The molecule has 42 valence electrons. The largest absolute Gasteiger partial charge is 0.311 e. The van der Waals surface area contributed by atoms with Gasteiger partial charge in [-0.05, 0) is 9.69 Å². The molecule has 0 heterocycles. The van der Waals surface area contributed by atoms with E-state index in [-0.39, 0.29) is 0 Å². The first-order valence-corrected chi connectivity index (χ1v) is 2.57. The Morgan fingerprint density at radius 1 is 1.57 bits per heavy atom. The van der Waals surface area contributed by atoms with Gasteiger partial charge in [0.15, 0.2) is 0 Å². The van der Waals surface area contributed by atoms with Crippen molar-refractivity contribution in [2.75, 3.05) is 0 Å². The fourth-order valence-corrected chi connectivity index (χ4v) is 0.160. The van der Waals surface area contributed by atoms with Gasteiger partial charge in [0.05, 0.1) is 0 Å². The van der Waals surface area contributed by atoms with Crippen molar-refractivity contribution in [3.63, 3.8) is 0 Å². The van der Waals surface area contributed by atoms with Gasteiger partial charge in [0, 0.05) is 0 Å². The van der Waals surface area contributed by atoms with Crippen LogP contribution in [0.1, 0.15) is 0 Å². The second-order valence-corrected chi connectivity index (χ2v) is 1.75. The van der Waals surface area contributed by atoms with Crippen LogP contribution in [0.25, 0.3) is 0 Å². The van der Waals surface area contributed by atoms with E-state index in [1.807, 2.05) is 0 Å². The van der Waals surface area contributed by atoms with Gasteiger partial charge in [0.1, 0.15) is 0 Å². The minimum Gasteiger partial charge on any atom is -0.278 e. The first-order valence-electron chi connectivity index (χ1n) is 1.14. The Bertz CT molecular complexity index is 155. The molecule has 0 saturated heterocycles. The molecular weight excluding hydrogens is 122 g/mol. The van der Waals surface area contributed by atoms with E-state index in [1.165, 1.54) is 0 Å². The first kappa shape index (κ1) is 6.47. The van der Waals surface area contributed by atoms with E-state index in [4.69, 9.17) is 14.6 Å². The quantitative estimate of drug-likeness (QED) is 0.347. The molecule has 0 aliphatic heterocycles. The summed E-state index contributed by atoms with van der Waals surface area (Å²) >= 11 is 0. The summed E-state index contributed by atoms with van der Waals surface area (Å²) in [6, 6.07) is 0. The van der Waals surface area contributed by atoms with E-state index in [0.29, 0.717) is 0 Å². The summed E-state index contributed by atoms with van der Waals surface area (Å²) in [6.45, 7) is 0. The third-order valence-electron chi connectivity index (χ3n) is 0.147. The smallest absolute Gasteiger partial charge is 0.278 e. The highest BCUT2D eigenvalue weighted by molar-refractivity contribution is 7.82. The maximum Gasteiger partial charge on any atom is 0.311 e. The molecule has 0 aromatic carbocycles. The molecule has 0 atom stereocenters. The Morgan fingerprint density at radius 2 is 2.00 bits per heavy atom. The molecule has 0 aromatic rings. The summed E-state index contributed by atoms with van der Waals surface area (Å²) in [5.74, 6) is 0. The van der Waals surface area contributed by atoms with Gasteiger partial charge >= 0.3 is 10.3 Å². The van der Waals surface area contributed by atoms with Crippen LogP contribution in [0.15, 0.2) is 9.69 Å². The summed E-state index contributed by atoms with van der Waals surface area (Å²) in [7, 11) is -4.15. The van der Waals surface area contributed by atoms with Crippen LogP contribution in [0.5, 0.6) is 0 Å². The summed E-state index contributed by atoms with van der Waals surface area (Å²) in [4.78, 5) is 0. The van der Waals surface area contributed by atoms with Crippen LogP contribution in [-0.2, 0) is 10.3 Å². The molecule has 0 bridgehead atoms. The van der Waals surface area contributed by atoms with Crippen LogP contribution in [-0.4, -0.2) is 13.3 Å². The van der Waals surface area contributed by atoms with Gasteiger partial charge in [-0.15, -0.1) is 0 Å². The van der Waals surface area contributed by atoms with E-state index in [0.717, 1.165) is 0 Å². The van der Waals surface area contributed by atoms with Crippen LogP contribution in [0.2, 0.25) is 0 Å². The molecule has 0 amide bonds. The van der Waals surface area contributed by atoms with Gasteiger partial charge in [-0.25, -0.2) is 0 Å². The second kappa shape index (κ2) is 1.96. The molecule has 7 heteroatoms. The first-order chi connectivity index (χ1) is 3.06. The Labute approximate surface area is 39.9 Å². The average Bonchev–Trinajstić information content (AvgIpc) is 1.30. The van der Waals surface area contributed by atoms with Gasteiger partial charge in [-0.3, -0.25) is 9.11 Å². The third kappa shape index (κ3) is 5.47. The molecule has 0 rings (SSSR count). The number of rotatable bonds is 1. The van der Waals surface area contributed by atoms with Crippen molar-refractivity contribution in [1.29, 1.82) is 5.53 Å². The lowest BCUT2D eigenvalue weighted by molar-refractivity contribution is 0.435. The van der Waals surface area contributed by atoms with Crippen molar-refractivity contribution in [2.45, 2.75) is 0 Å². The lowest BCUT2D eigenvalue weighted by atomic mass is 12.8. The lowest BCUT2D eigenvalue weighted by Crippen LogP contribution is -1.89. The van der Waals surface area contributed by atoms with Crippen LogP contribution < -0.4 is 0 Å². The number of nitrogens with zero attached hydrogens (tertiary/aromatic N) is 2. The fourth-order valence-electron chi connectivity index (χ4n) is 0.0532. The zero-order valence-corrected chi connectivity index (χ0v) is 3.92. The Hall–Kier alpha value is -0.530. The number of nitrogens with one attached hydrogen (secondary N) is 1. The van der Waals surface area contributed by atoms with E-state index in [1.54, 1.807) is 0 Å². The van der Waals surface area contributed by atoms with Crippen molar-refractivity contribution in [2.24, 2.45) is 9.69 Å². The van der Waals surface area contributed by atoms with Crippen molar-refractivity contribution in [1.82, 2.24) is 0 Å².